The van der Waals surface area contributed by atoms with E-state index in [1.807, 2.05) is 0 Å². The first kappa shape index (κ1) is 23.0. The molecule has 0 radical (unpaired) electrons. The van der Waals surface area contributed by atoms with Crippen molar-refractivity contribution in [1.82, 2.24) is 5.32 Å². The zero-order valence-corrected chi connectivity index (χ0v) is 18.1. The molecule has 0 aromatic carbocycles. The number of amides is 1. The van der Waals surface area contributed by atoms with Gasteiger partial charge < -0.3 is 24.3 Å². The molecule has 1 rings (SSSR count). The fraction of sp³-hybridized carbons (Fsp3) is 0.857. The SMILES string of the molecule is COC(CBr)(C[C@H]1NC(=O)[C@H]1C(C)(C)OC(=O)OCC(Cl)(Cl)Cl)OC. The molecule has 25 heavy (non-hydrogen) atoms. The number of hydrogen-bond acceptors (Lipinski definition) is 6. The average molecular weight is 486 g/mol. The third kappa shape index (κ3) is 6.29. The molecule has 0 aliphatic carbocycles. The highest BCUT2D eigenvalue weighted by atomic mass is 79.9. The molecule has 1 aliphatic heterocycles. The number of carbonyl (C=O) groups excluding carboxylic acids is 2. The van der Waals surface area contributed by atoms with Crippen LogP contribution in [0.5, 0.6) is 0 Å². The highest BCUT2D eigenvalue weighted by Crippen LogP contribution is 2.36. The summed E-state index contributed by atoms with van der Waals surface area (Å²) < 4.78 is 19.1. The lowest BCUT2D eigenvalue weighted by Gasteiger charge is -2.47. The number of nitrogens with one attached hydrogen (secondary N) is 1. The van der Waals surface area contributed by atoms with E-state index >= 15 is 0 Å². The van der Waals surface area contributed by atoms with Crippen LogP contribution in [-0.4, -0.2) is 59.4 Å². The lowest BCUT2D eigenvalue weighted by atomic mass is 9.75. The second-order valence-corrected chi connectivity index (χ2v) is 9.19. The molecule has 0 saturated carbocycles. The highest BCUT2D eigenvalue weighted by molar-refractivity contribution is 9.09. The van der Waals surface area contributed by atoms with Crippen LogP contribution in [0, 0.1) is 5.92 Å². The van der Waals surface area contributed by atoms with Crippen molar-refractivity contribution >= 4 is 62.8 Å². The first-order chi connectivity index (χ1) is 11.4. The summed E-state index contributed by atoms with van der Waals surface area (Å²) in [6.07, 6.45) is -0.669. The Hall–Kier alpha value is 0.01000. The molecule has 146 valence electrons. The Morgan fingerprint density at radius 3 is 2.20 bits per heavy atom. The Morgan fingerprint density at radius 1 is 1.24 bits per heavy atom. The van der Waals surface area contributed by atoms with Gasteiger partial charge in [-0.1, -0.05) is 50.7 Å². The van der Waals surface area contributed by atoms with Gasteiger partial charge in [0.05, 0.1) is 11.2 Å². The van der Waals surface area contributed by atoms with E-state index in [0.717, 1.165) is 0 Å². The molecule has 1 amide bonds. The highest BCUT2D eigenvalue weighted by Gasteiger charge is 2.54. The van der Waals surface area contributed by atoms with E-state index in [2.05, 4.69) is 21.2 Å². The van der Waals surface area contributed by atoms with Gasteiger partial charge in [-0.25, -0.2) is 4.79 Å². The van der Waals surface area contributed by atoms with E-state index in [1.165, 1.54) is 14.2 Å². The van der Waals surface area contributed by atoms with Gasteiger partial charge in [0.2, 0.25) is 9.70 Å². The van der Waals surface area contributed by atoms with Crippen molar-refractivity contribution in [3.8, 4) is 0 Å². The Kier molecular flexibility index (Phi) is 8.11. The second-order valence-electron chi connectivity index (χ2n) is 6.11. The standard InChI is InChI=1S/C14H21BrCl3NO6/c1-12(2,25-11(21)24-7-14(16,17)18)9-8(19-10(9)20)5-13(6-15,22-3)23-4/h8-9H,5-7H2,1-4H3,(H,19,20)/t8-,9+/m1/s1. The topological polar surface area (TPSA) is 83.1 Å². The van der Waals surface area contributed by atoms with Crippen LogP contribution in [0.25, 0.3) is 0 Å². The van der Waals surface area contributed by atoms with Crippen LogP contribution in [0.15, 0.2) is 0 Å². The Balaban J connectivity index is 2.75. The fourth-order valence-electron chi connectivity index (χ4n) is 2.61. The number of β-lactam (4-membered cyclic amide) rings is 1. The largest absolute Gasteiger partial charge is 0.508 e. The molecule has 1 fully saturated rings. The van der Waals surface area contributed by atoms with Gasteiger partial charge in [-0.05, 0) is 13.8 Å². The molecule has 1 heterocycles. The number of alkyl halides is 4. The van der Waals surface area contributed by atoms with Crippen molar-refractivity contribution in [2.24, 2.45) is 5.92 Å². The molecule has 1 saturated heterocycles. The predicted molar refractivity (Wildman–Crippen MR) is 97.4 cm³/mol. The van der Waals surface area contributed by atoms with Gasteiger partial charge in [0.1, 0.15) is 12.2 Å². The maximum absolute atomic E-state index is 12.0. The molecule has 0 spiro atoms. The molecular formula is C14H21BrCl3NO6. The minimum atomic E-state index is -1.74. The number of hydrogen-bond donors (Lipinski definition) is 1. The van der Waals surface area contributed by atoms with E-state index in [-0.39, 0.29) is 11.9 Å². The first-order valence-corrected chi connectivity index (χ1v) is 9.54. The summed E-state index contributed by atoms with van der Waals surface area (Å²) in [5.74, 6) is -1.78. The summed E-state index contributed by atoms with van der Waals surface area (Å²) in [4.78, 5) is 23.8. The van der Waals surface area contributed by atoms with Gasteiger partial charge in [-0.15, -0.1) is 0 Å². The van der Waals surface area contributed by atoms with E-state index in [0.29, 0.717) is 11.8 Å². The van der Waals surface area contributed by atoms with Crippen LogP contribution in [0.4, 0.5) is 4.79 Å². The lowest BCUT2D eigenvalue weighted by Crippen LogP contribution is -2.68. The van der Waals surface area contributed by atoms with Gasteiger partial charge in [-0.2, -0.15) is 0 Å². The Labute approximate surface area is 170 Å². The van der Waals surface area contributed by atoms with Crippen molar-refractivity contribution in [2.45, 2.75) is 41.5 Å². The predicted octanol–water partition coefficient (Wildman–Crippen LogP) is 3.18. The number of carbonyl (C=O) groups is 2. The first-order valence-electron chi connectivity index (χ1n) is 7.29. The average Bonchev–Trinajstić information content (AvgIpc) is 2.47. The minimum Gasteiger partial charge on any atom is -0.430 e. The molecule has 0 unspecified atom stereocenters. The monoisotopic (exact) mass is 483 g/mol. The Morgan fingerprint density at radius 2 is 1.80 bits per heavy atom. The number of rotatable bonds is 8. The van der Waals surface area contributed by atoms with Crippen molar-refractivity contribution < 1.29 is 28.5 Å². The summed E-state index contributed by atoms with van der Waals surface area (Å²) in [5, 5.41) is 3.17. The summed E-state index contributed by atoms with van der Waals surface area (Å²) in [5.41, 5.74) is -1.14. The molecule has 1 N–H and O–H groups in total. The third-order valence-corrected chi connectivity index (χ3v) is 5.12. The molecule has 0 aromatic rings. The third-order valence-electron chi connectivity index (χ3n) is 3.94. The van der Waals surface area contributed by atoms with Gasteiger partial charge in [0.15, 0.2) is 5.79 Å². The van der Waals surface area contributed by atoms with Crippen LogP contribution < -0.4 is 5.32 Å². The molecule has 2 atom stereocenters. The molecule has 11 heteroatoms. The summed E-state index contributed by atoms with van der Waals surface area (Å²) in [7, 11) is 3.02. The number of methoxy groups -OCH3 is 2. The fourth-order valence-corrected chi connectivity index (χ4v) is 3.46. The van der Waals surface area contributed by atoms with Crippen molar-refractivity contribution in [2.75, 3.05) is 26.2 Å². The normalized spacial score (nSPS) is 21.4. The maximum Gasteiger partial charge on any atom is 0.508 e. The number of ether oxygens (including phenoxy) is 4. The molecule has 1 aliphatic rings. The lowest BCUT2D eigenvalue weighted by molar-refractivity contribution is -0.206. The van der Waals surface area contributed by atoms with E-state index < -0.39 is 33.9 Å². The Bertz CT molecular complexity index is 487. The molecule has 0 aromatic heterocycles. The zero-order valence-electron chi connectivity index (χ0n) is 14.2. The van der Waals surface area contributed by atoms with Crippen molar-refractivity contribution in [3.63, 3.8) is 0 Å². The van der Waals surface area contributed by atoms with Crippen LogP contribution in [0.2, 0.25) is 0 Å². The smallest absolute Gasteiger partial charge is 0.430 e. The molecule has 0 bridgehead atoms. The van der Waals surface area contributed by atoms with Crippen LogP contribution in [0.1, 0.15) is 20.3 Å². The van der Waals surface area contributed by atoms with E-state index in [9.17, 15) is 9.59 Å². The van der Waals surface area contributed by atoms with Crippen molar-refractivity contribution in [3.05, 3.63) is 0 Å². The maximum atomic E-state index is 12.0. The van der Waals surface area contributed by atoms with Crippen LogP contribution >= 0.6 is 50.7 Å². The van der Waals surface area contributed by atoms with E-state index in [1.54, 1.807) is 13.8 Å². The van der Waals surface area contributed by atoms with Crippen LogP contribution in [-0.2, 0) is 23.7 Å². The second kappa shape index (κ2) is 8.80. The summed E-state index contributed by atoms with van der Waals surface area (Å²) in [6.45, 7) is 2.75. The van der Waals surface area contributed by atoms with E-state index in [4.69, 9.17) is 53.8 Å². The molecule has 7 nitrogen and oxygen atoms in total. The summed E-state index contributed by atoms with van der Waals surface area (Å²) >= 11 is 19.9. The summed E-state index contributed by atoms with van der Waals surface area (Å²) in [6, 6.07) is -0.319. The minimum absolute atomic E-state index is 0.250. The van der Waals surface area contributed by atoms with Gasteiger partial charge in [0.25, 0.3) is 0 Å². The van der Waals surface area contributed by atoms with Crippen LogP contribution in [0.3, 0.4) is 0 Å². The van der Waals surface area contributed by atoms with Gasteiger partial charge >= 0.3 is 6.16 Å². The number of halogens is 4. The van der Waals surface area contributed by atoms with Gasteiger partial charge in [0, 0.05) is 26.7 Å². The molecular weight excluding hydrogens is 464 g/mol. The van der Waals surface area contributed by atoms with Crippen molar-refractivity contribution in [1.29, 1.82) is 0 Å². The zero-order chi connectivity index (χ0) is 19.5. The van der Waals surface area contributed by atoms with Gasteiger partial charge in [-0.3, -0.25) is 4.79 Å². The quantitative estimate of drug-likeness (QED) is 0.246.